The first-order valence-electron chi connectivity index (χ1n) is 6.94. The van der Waals surface area contributed by atoms with E-state index in [-0.39, 0.29) is 5.91 Å². The van der Waals surface area contributed by atoms with Crippen LogP contribution in [0.4, 0.5) is 0 Å². The molecule has 1 aliphatic rings. The summed E-state index contributed by atoms with van der Waals surface area (Å²) < 4.78 is 0. The minimum absolute atomic E-state index is 0.193. The van der Waals surface area contributed by atoms with Gasteiger partial charge in [-0.05, 0) is 44.0 Å². The molecule has 4 heteroatoms. The lowest BCUT2D eigenvalue weighted by atomic mass is 10.1. The summed E-state index contributed by atoms with van der Waals surface area (Å²) in [6, 6.07) is 7.97. The third kappa shape index (κ3) is 4.22. The smallest absolute Gasteiger partial charge is 0.227 e. The summed E-state index contributed by atoms with van der Waals surface area (Å²) in [4.78, 5) is 14.2. The van der Waals surface area contributed by atoms with Gasteiger partial charge in [0.15, 0.2) is 0 Å². The van der Waals surface area contributed by atoms with Crippen LogP contribution >= 0.6 is 11.6 Å². The van der Waals surface area contributed by atoms with Crippen molar-refractivity contribution in [3.63, 3.8) is 0 Å². The Morgan fingerprint density at radius 2 is 2.16 bits per heavy atom. The highest BCUT2D eigenvalue weighted by atomic mass is 35.5. The highest BCUT2D eigenvalue weighted by molar-refractivity contribution is 6.30. The second-order valence-electron chi connectivity index (χ2n) is 5.03. The minimum Gasteiger partial charge on any atom is -0.341 e. The zero-order valence-corrected chi connectivity index (χ0v) is 12.1. The molecule has 0 aromatic heterocycles. The molecule has 1 aromatic carbocycles. The van der Waals surface area contributed by atoms with Crippen molar-refractivity contribution in [2.75, 3.05) is 19.6 Å². The maximum atomic E-state index is 12.3. The average molecular weight is 281 g/mol. The summed E-state index contributed by atoms with van der Waals surface area (Å²) in [7, 11) is 0. The van der Waals surface area contributed by atoms with Gasteiger partial charge < -0.3 is 10.2 Å². The zero-order chi connectivity index (χ0) is 13.7. The van der Waals surface area contributed by atoms with Crippen LogP contribution in [0.1, 0.15) is 25.3 Å². The van der Waals surface area contributed by atoms with Crippen LogP contribution in [0.5, 0.6) is 0 Å². The molecule has 0 bridgehead atoms. The molecule has 0 spiro atoms. The number of likely N-dealkylation sites (N-methyl/N-ethyl adjacent to an activating group) is 1. The van der Waals surface area contributed by atoms with Crippen molar-refractivity contribution in [3.8, 4) is 0 Å². The van der Waals surface area contributed by atoms with E-state index in [1.807, 2.05) is 36.1 Å². The maximum Gasteiger partial charge on any atom is 0.227 e. The quantitative estimate of drug-likeness (QED) is 0.899. The number of nitrogens with zero attached hydrogens (tertiary/aromatic N) is 1. The van der Waals surface area contributed by atoms with E-state index >= 15 is 0 Å². The number of nitrogens with one attached hydrogen (secondary N) is 1. The number of rotatable bonds is 5. The van der Waals surface area contributed by atoms with Gasteiger partial charge in [-0.15, -0.1) is 0 Å². The Kier molecular flexibility index (Phi) is 5.23. The number of carbonyl (C=O) groups is 1. The van der Waals surface area contributed by atoms with E-state index in [2.05, 4.69) is 5.32 Å². The van der Waals surface area contributed by atoms with Crippen molar-refractivity contribution in [2.45, 2.75) is 32.2 Å². The van der Waals surface area contributed by atoms with E-state index in [0.717, 1.165) is 25.2 Å². The molecule has 0 saturated carbocycles. The lowest BCUT2D eigenvalue weighted by molar-refractivity contribution is -0.130. The predicted octanol–water partition coefficient (Wildman–Crippen LogP) is 2.48. The van der Waals surface area contributed by atoms with Crippen molar-refractivity contribution in [2.24, 2.45) is 0 Å². The molecule has 3 nitrogen and oxygen atoms in total. The van der Waals surface area contributed by atoms with E-state index in [1.165, 1.54) is 12.8 Å². The predicted molar refractivity (Wildman–Crippen MR) is 78.4 cm³/mol. The molecule has 19 heavy (non-hydrogen) atoms. The van der Waals surface area contributed by atoms with E-state index in [1.54, 1.807) is 0 Å². The topological polar surface area (TPSA) is 32.3 Å². The summed E-state index contributed by atoms with van der Waals surface area (Å²) in [5.74, 6) is 0.193. The van der Waals surface area contributed by atoms with Gasteiger partial charge in [0.05, 0.1) is 6.42 Å². The van der Waals surface area contributed by atoms with E-state index in [4.69, 9.17) is 11.6 Å². The Hall–Kier alpha value is -1.06. The van der Waals surface area contributed by atoms with Gasteiger partial charge in [-0.3, -0.25) is 4.79 Å². The number of carbonyl (C=O) groups excluding carboxylic acids is 1. The number of hydrogen-bond acceptors (Lipinski definition) is 2. The Morgan fingerprint density at radius 3 is 2.74 bits per heavy atom. The summed E-state index contributed by atoms with van der Waals surface area (Å²) >= 11 is 5.85. The van der Waals surface area contributed by atoms with Gasteiger partial charge in [0.25, 0.3) is 0 Å². The van der Waals surface area contributed by atoms with E-state index in [0.29, 0.717) is 17.5 Å². The van der Waals surface area contributed by atoms with Crippen LogP contribution in [0, 0.1) is 0 Å². The maximum absolute atomic E-state index is 12.3. The molecule has 0 aliphatic carbocycles. The van der Waals surface area contributed by atoms with Crippen molar-refractivity contribution in [1.29, 1.82) is 0 Å². The third-order valence-electron chi connectivity index (χ3n) is 3.61. The van der Waals surface area contributed by atoms with Gasteiger partial charge in [0, 0.05) is 24.2 Å². The van der Waals surface area contributed by atoms with Gasteiger partial charge in [-0.25, -0.2) is 0 Å². The lowest BCUT2D eigenvalue weighted by Crippen LogP contribution is -2.41. The molecule has 1 amide bonds. The largest absolute Gasteiger partial charge is 0.341 e. The molecule has 1 fully saturated rings. The molecule has 1 N–H and O–H groups in total. The van der Waals surface area contributed by atoms with E-state index in [9.17, 15) is 4.79 Å². The molecular weight excluding hydrogens is 260 g/mol. The van der Waals surface area contributed by atoms with Gasteiger partial charge in [0.2, 0.25) is 5.91 Å². The van der Waals surface area contributed by atoms with Crippen LogP contribution in [0.3, 0.4) is 0 Å². The second-order valence-corrected chi connectivity index (χ2v) is 5.47. The van der Waals surface area contributed by atoms with Gasteiger partial charge in [-0.2, -0.15) is 0 Å². The SMILES string of the molecule is CCN(CC1CCCN1)C(=O)Cc1ccc(Cl)cc1. The van der Waals surface area contributed by atoms with Crippen molar-refractivity contribution in [3.05, 3.63) is 34.9 Å². The average Bonchev–Trinajstić information content (AvgIpc) is 2.91. The Balaban J connectivity index is 1.90. The molecule has 104 valence electrons. The fraction of sp³-hybridized carbons (Fsp3) is 0.533. The van der Waals surface area contributed by atoms with Crippen LogP contribution in [0.2, 0.25) is 5.02 Å². The highest BCUT2D eigenvalue weighted by Crippen LogP contribution is 2.12. The van der Waals surface area contributed by atoms with Gasteiger partial charge in [-0.1, -0.05) is 23.7 Å². The number of halogens is 1. The number of amides is 1. The zero-order valence-electron chi connectivity index (χ0n) is 11.4. The highest BCUT2D eigenvalue weighted by Gasteiger charge is 2.20. The molecule has 1 unspecified atom stereocenters. The minimum atomic E-state index is 0.193. The van der Waals surface area contributed by atoms with Crippen LogP contribution < -0.4 is 5.32 Å². The van der Waals surface area contributed by atoms with Crippen molar-refractivity contribution >= 4 is 17.5 Å². The standard InChI is InChI=1S/C15H21ClN2O/c1-2-18(11-14-4-3-9-17-14)15(19)10-12-5-7-13(16)8-6-12/h5-8,14,17H,2-4,9-11H2,1H3. The van der Waals surface area contributed by atoms with E-state index < -0.39 is 0 Å². The molecule has 0 radical (unpaired) electrons. The Morgan fingerprint density at radius 1 is 1.42 bits per heavy atom. The summed E-state index contributed by atoms with van der Waals surface area (Å²) in [6.07, 6.45) is 2.84. The number of benzene rings is 1. The normalized spacial score (nSPS) is 18.5. The summed E-state index contributed by atoms with van der Waals surface area (Å²) in [6.45, 7) is 4.70. The monoisotopic (exact) mass is 280 g/mol. The molecule has 1 aromatic rings. The first kappa shape index (κ1) is 14.4. The van der Waals surface area contributed by atoms with Crippen LogP contribution in [0.25, 0.3) is 0 Å². The fourth-order valence-corrected chi connectivity index (χ4v) is 2.60. The Bertz CT molecular complexity index is 413. The molecule has 1 saturated heterocycles. The Labute approximate surface area is 119 Å². The van der Waals surface area contributed by atoms with Crippen LogP contribution in [-0.2, 0) is 11.2 Å². The summed E-state index contributed by atoms with van der Waals surface area (Å²) in [5, 5.41) is 4.14. The lowest BCUT2D eigenvalue weighted by Gasteiger charge is -2.24. The van der Waals surface area contributed by atoms with Gasteiger partial charge in [0.1, 0.15) is 0 Å². The molecular formula is C15H21ClN2O. The van der Waals surface area contributed by atoms with Crippen LogP contribution in [-0.4, -0.2) is 36.5 Å². The molecule has 2 rings (SSSR count). The van der Waals surface area contributed by atoms with Crippen molar-refractivity contribution < 1.29 is 4.79 Å². The summed E-state index contributed by atoms with van der Waals surface area (Å²) in [5.41, 5.74) is 1.02. The molecule has 1 heterocycles. The molecule has 1 atom stereocenters. The van der Waals surface area contributed by atoms with Crippen molar-refractivity contribution in [1.82, 2.24) is 10.2 Å². The van der Waals surface area contributed by atoms with Crippen LogP contribution in [0.15, 0.2) is 24.3 Å². The first-order valence-corrected chi connectivity index (χ1v) is 7.32. The second kappa shape index (κ2) is 6.92. The first-order chi connectivity index (χ1) is 9.19. The number of hydrogen-bond donors (Lipinski definition) is 1. The fourth-order valence-electron chi connectivity index (χ4n) is 2.47. The third-order valence-corrected chi connectivity index (χ3v) is 3.86. The van der Waals surface area contributed by atoms with Gasteiger partial charge >= 0.3 is 0 Å². The molecule has 1 aliphatic heterocycles.